The molecule has 1 aromatic rings. The molecule has 0 saturated heterocycles. The summed E-state index contributed by atoms with van der Waals surface area (Å²) in [7, 11) is 1.66. The second kappa shape index (κ2) is 6.27. The summed E-state index contributed by atoms with van der Waals surface area (Å²) in [6, 6.07) is 5.92. The third-order valence-electron chi connectivity index (χ3n) is 2.04. The van der Waals surface area contributed by atoms with Crippen molar-refractivity contribution in [2.45, 2.75) is 19.4 Å². The number of benzene rings is 1. The lowest BCUT2D eigenvalue weighted by Gasteiger charge is -2.12. The highest BCUT2D eigenvalue weighted by Crippen LogP contribution is 2.27. The van der Waals surface area contributed by atoms with Crippen molar-refractivity contribution < 1.29 is 4.74 Å². The van der Waals surface area contributed by atoms with Crippen LogP contribution in [0.1, 0.15) is 24.9 Å². The van der Waals surface area contributed by atoms with E-state index in [1.54, 1.807) is 7.11 Å². The van der Waals surface area contributed by atoms with Gasteiger partial charge in [-0.1, -0.05) is 22.9 Å². The van der Waals surface area contributed by atoms with Crippen molar-refractivity contribution in [1.29, 1.82) is 0 Å². The van der Waals surface area contributed by atoms with E-state index < -0.39 is 0 Å². The zero-order chi connectivity index (χ0) is 9.84. The number of ether oxygens (including phenoxy) is 1. The standard InChI is InChI=1S/C10H14BrNO.ClH/c1-3-10(12)8-6-7(13-2)4-5-9(8)11;/h4-6,10H,3,12H2,1-2H3;1H/t10-;/m0./s1. The Balaban J connectivity index is 0.00000169. The summed E-state index contributed by atoms with van der Waals surface area (Å²) in [5.41, 5.74) is 7.03. The van der Waals surface area contributed by atoms with Crippen LogP contribution in [0.4, 0.5) is 0 Å². The van der Waals surface area contributed by atoms with E-state index in [1.807, 2.05) is 18.2 Å². The van der Waals surface area contributed by atoms with Crippen LogP contribution in [0.2, 0.25) is 0 Å². The molecule has 4 heteroatoms. The fraction of sp³-hybridized carbons (Fsp3) is 0.400. The number of halogens is 2. The molecule has 0 fully saturated rings. The highest BCUT2D eigenvalue weighted by molar-refractivity contribution is 9.10. The molecule has 2 nitrogen and oxygen atoms in total. The molecule has 0 aliphatic rings. The van der Waals surface area contributed by atoms with Gasteiger partial charge in [0.15, 0.2) is 0 Å². The first-order valence-electron chi connectivity index (χ1n) is 4.28. The maximum absolute atomic E-state index is 5.93. The lowest BCUT2D eigenvalue weighted by Crippen LogP contribution is -2.09. The Bertz CT molecular complexity index is 293. The van der Waals surface area contributed by atoms with Gasteiger partial charge in [-0.25, -0.2) is 0 Å². The largest absolute Gasteiger partial charge is 0.497 e. The van der Waals surface area contributed by atoms with Gasteiger partial charge in [0.2, 0.25) is 0 Å². The second-order valence-corrected chi connectivity index (χ2v) is 3.76. The van der Waals surface area contributed by atoms with Gasteiger partial charge >= 0.3 is 0 Å². The van der Waals surface area contributed by atoms with Crippen molar-refractivity contribution >= 4 is 28.3 Å². The van der Waals surface area contributed by atoms with Gasteiger partial charge in [0.05, 0.1) is 7.11 Å². The summed E-state index contributed by atoms with van der Waals surface area (Å²) in [5, 5.41) is 0. The third kappa shape index (κ3) is 3.15. The monoisotopic (exact) mass is 279 g/mol. The number of nitrogens with two attached hydrogens (primary N) is 1. The molecule has 0 radical (unpaired) electrons. The summed E-state index contributed by atoms with van der Waals surface area (Å²) in [5.74, 6) is 0.849. The molecule has 0 spiro atoms. The molecule has 0 amide bonds. The Morgan fingerprint density at radius 1 is 1.50 bits per heavy atom. The maximum Gasteiger partial charge on any atom is 0.119 e. The van der Waals surface area contributed by atoms with Gasteiger partial charge in [0.1, 0.15) is 5.75 Å². The van der Waals surface area contributed by atoms with E-state index in [0.717, 1.165) is 22.2 Å². The van der Waals surface area contributed by atoms with Gasteiger partial charge in [-0.3, -0.25) is 0 Å². The number of hydrogen-bond acceptors (Lipinski definition) is 2. The predicted octanol–water partition coefficient (Wildman–Crippen LogP) is 3.29. The molecule has 2 N–H and O–H groups in total. The van der Waals surface area contributed by atoms with Crippen molar-refractivity contribution in [2.75, 3.05) is 7.11 Å². The average Bonchev–Trinajstić information content (AvgIpc) is 2.17. The maximum atomic E-state index is 5.93. The Kier molecular flexibility index (Phi) is 6.16. The predicted molar refractivity (Wildman–Crippen MR) is 65.2 cm³/mol. The first kappa shape index (κ1) is 13.8. The zero-order valence-corrected chi connectivity index (χ0v) is 10.7. The van der Waals surface area contributed by atoms with Crippen molar-refractivity contribution in [3.63, 3.8) is 0 Å². The molecule has 1 rings (SSSR count). The van der Waals surface area contributed by atoms with Crippen molar-refractivity contribution in [3.8, 4) is 5.75 Å². The van der Waals surface area contributed by atoms with Crippen LogP contribution in [0.25, 0.3) is 0 Å². The third-order valence-corrected chi connectivity index (χ3v) is 2.76. The molecule has 0 bridgehead atoms. The first-order chi connectivity index (χ1) is 6.19. The molecule has 0 aromatic heterocycles. The summed E-state index contributed by atoms with van der Waals surface area (Å²) >= 11 is 3.47. The van der Waals surface area contributed by atoms with E-state index in [1.165, 1.54) is 0 Å². The zero-order valence-electron chi connectivity index (χ0n) is 8.29. The molecule has 1 atom stereocenters. The molecule has 14 heavy (non-hydrogen) atoms. The Morgan fingerprint density at radius 3 is 2.64 bits per heavy atom. The lowest BCUT2D eigenvalue weighted by atomic mass is 10.1. The van der Waals surface area contributed by atoms with E-state index in [-0.39, 0.29) is 18.4 Å². The van der Waals surface area contributed by atoms with Gasteiger partial charge in [-0.05, 0) is 30.2 Å². The van der Waals surface area contributed by atoms with Crippen LogP contribution in [0.5, 0.6) is 5.75 Å². The highest BCUT2D eigenvalue weighted by Gasteiger charge is 2.08. The second-order valence-electron chi connectivity index (χ2n) is 2.90. The average molecular weight is 281 g/mol. The van der Waals surface area contributed by atoms with Crippen LogP contribution >= 0.6 is 28.3 Å². The summed E-state index contributed by atoms with van der Waals surface area (Å²) in [6.45, 7) is 2.07. The van der Waals surface area contributed by atoms with Crippen molar-refractivity contribution in [3.05, 3.63) is 28.2 Å². The molecule has 0 saturated carbocycles. The molecular formula is C10H15BrClNO. The minimum Gasteiger partial charge on any atom is -0.497 e. The normalized spacial score (nSPS) is 11.7. The van der Waals surface area contributed by atoms with Crippen LogP contribution in [0.3, 0.4) is 0 Å². The van der Waals surface area contributed by atoms with E-state index in [0.29, 0.717) is 0 Å². The molecule has 0 unspecified atom stereocenters. The molecular weight excluding hydrogens is 265 g/mol. The minimum absolute atomic E-state index is 0. The van der Waals surface area contributed by atoms with E-state index in [9.17, 15) is 0 Å². The van der Waals surface area contributed by atoms with E-state index in [2.05, 4.69) is 22.9 Å². The fourth-order valence-electron chi connectivity index (χ4n) is 1.15. The number of rotatable bonds is 3. The first-order valence-corrected chi connectivity index (χ1v) is 5.07. The van der Waals surface area contributed by atoms with Crippen LogP contribution in [-0.4, -0.2) is 7.11 Å². The van der Waals surface area contributed by atoms with Crippen molar-refractivity contribution in [1.82, 2.24) is 0 Å². The topological polar surface area (TPSA) is 35.2 Å². The lowest BCUT2D eigenvalue weighted by molar-refractivity contribution is 0.413. The van der Waals surface area contributed by atoms with Crippen LogP contribution < -0.4 is 10.5 Å². The van der Waals surface area contributed by atoms with E-state index >= 15 is 0 Å². The minimum atomic E-state index is 0. The SMILES string of the molecule is CC[C@H](N)c1cc(OC)ccc1Br.Cl. The quantitative estimate of drug-likeness (QED) is 0.922. The van der Waals surface area contributed by atoms with Gasteiger partial charge in [0, 0.05) is 10.5 Å². The summed E-state index contributed by atoms with van der Waals surface area (Å²) in [4.78, 5) is 0. The molecule has 1 aromatic carbocycles. The summed E-state index contributed by atoms with van der Waals surface area (Å²) < 4.78 is 6.17. The molecule has 0 heterocycles. The fourth-order valence-corrected chi connectivity index (χ4v) is 1.69. The smallest absolute Gasteiger partial charge is 0.119 e. The number of hydrogen-bond donors (Lipinski definition) is 1. The van der Waals surface area contributed by atoms with E-state index in [4.69, 9.17) is 10.5 Å². The Morgan fingerprint density at radius 2 is 2.14 bits per heavy atom. The van der Waals surface area contributed by atoms with Gasteiger partial charge in [0.25, 0.3) is 0 Å². The van der Waals surface area contributed by atoms with Crippen LogP contribution in [0.15, 0.2) is 22.7 Å². The molecule has 0 aliphatic carbocycles. The molecule has 0 aliphatic heterocycles. The van der Waals surface area contributed by atoms with Gasteiger partial charge in [-0.15, -0.1) is 12.4 Å². The Hall–Kier alpha value is -0.250. The molecule has 80 valence electrons. The number of methoxy groups -OCH3 is 1. The van der Waals surface area contributed by atoms with Gasteiger partial charge < -0.3 is 10.5 Å². The van der Waals surface area contributed by atoms with Crippen LogP contribution in [0, 0.1) is 0 Å². The summed E-state index contributed by atoms with van der Waals surface area (Å²) in [6.07, 6.45) is 0.922. The Labute approximate surface area is 99.4 Å². The van der Waals surface area contributed by atoms with Gasteiger partial charge in [-0.2, -0.15) is 0 Å². The van der Waals surface area contributed by atoms with Crippen LogP contribution in [-0.2, 0) is 0 Å². The highest BCUT2D eigenvalue weighted by atomic mass is 79.9. The van der Waals surface area contributed by atoms with Crippen molar-refractivity contribution in [2.24, 2.45) is 5.73 Å².